The van der Waals surface area contributed by atoms with Gasteiger partial charge in [0.1, 0.15) is 5.76 Å². The normalized spacial score (nSPS) is 10.7. The van der Waals surface area contributed by atoms with Gasteiger partial charge in [0.15, 0.2) is 0 Å². The van der Waals surface area contributed by atoms with E-state index in [9.17, 15) is 0 Å². The lowest BCUT2D eigenvalue weighted by Gasteiger charge is -1.94. The van der Waals surface area contributed by atoms with E-state index in [2.05, 4.69) is 27.8 Å². The Labute approximate surface area is 104 Å². The van der Waals surface area contributed by atoms with Crippen LogP contribution in [0.15, 0.2) is 33.2 Å². The van der Waals surface area contributed by atoms with Crippen LogP contribution in [-0.2, 0) is 6.42 Å². The van der Waals surface area contributed by atoms with Crippen LogP contribution in [0.5, 0.6) is 0 Å². The van der Waals surface area contributed by atoms with Crippen molar-refractivity contribution < 1.29 is 4.42 Å². The Kier molecular flexibility index (Phi) is 3.44. The number of hydrogen-bond acceptors (Lipinski definition) is 2. The molecule has 2 aromatic rings. The van der Waals surface area contributed by atoms with Gasteiger partial charge in [-0.15, -0.1) is 0 Å². The molecule has 16 heavy (non-hydrogen) atoms. The Bertz CT molecular complexity index is 473. The molecule has 1 aromatic heterocycles. The van der Waals surface area contributed by atoms with Crippen molar-refractivity contribution in [3.8, 4) is 11.5 Å². The lowest BCUT2D eigenvalue weighted by molar-refractivity contribution is 0.539. The quantitative estimate of drug-likeness (QED) is 0.834. The lowest BCUT2D eigenvalue weighted by atomic mass is 10.2. The van der Waals surface area contributed by atoms with Crippen molar-refractivity contribution in [3.05, 3.63) is 40.2 Å². The second-order valence-electron chi connectivity index (χ2n) is 3.78. The summed E-state index contributed by atoms with van der Waals surface area (Å²) in [5.74, 6) is 1.65. The first-order chi connectivity index (χ1) is 7.70. The summed E-state index contributed by atoms with van der Waals surface area (Å²) < 4.78 is 6.73. The fourth-order valence-electron chi connectivity index (χ4n) is 1.61. The van der Waals surface area contributed by atoms with Gasteiger partial charge >= 0.3 is 0 Å². The van der Waals surface area contributed by atoms with Crippen LogP contribution >= 0.6 is 15.9 Å². The molecule has 0 radical (unpaired) electrons. The van der Waals surface area contributed by atoms with E-state index < -0.39 is 0 Å². The molecule has 84 valence electrons. The smallest absolute Gasteiger partial charge is 0.226 e. The van der Waals surface area contributed by atoms with E-state index in [-0.39, 0.29) is 0 Å². The summed E-state index contributed by atoms with van der Waals surface area (Å²) in [4.78, 5) is 4.52. The van der Waals surface area contributed by atoms with Crippen molar-refractivity contribution in [1.82, 2.24) is 4.98 Å². The molecule has 0 aliphatic rings. The van der Waals surface area contributed by atoms with Gasteiger partial charge in [-0.25, -0.2) is 4.98 Å². The zero-order valence-corrected chi connectivity index (χ0v) is 11.0. The molecule has 0 bridgehead atoms. The maximum Gasteiger partial charge on any atom is 0.226 e. The number of oxazole rings is 1. The Morgan fingerprint density at radius 3 is 2.56 bits per heavy atom. The highest BCUT2D eigenvalue weighted by atomic mass is 79.9. The van der Waals surface area contributed by atoms with Gasteiger partial charge in [-0.1, -0.05) is 29.3 Å². The third-order valence-electron chi connectivity index (χ3n) is 2.47. The summed E-state index contributed by atoms with van der Waals surface area (Å²) in [5.41, 5.74) is 2.09. The van der Waals surface area contributed by atoms with Crippen LogP contribution in [0, 0.1) is 6.92 Å². The maximum atomic E-state index is 5.67. The maximum absolute atomic E-state index is 5.67. The van der Waals surface area contributed by atoms with E-state index in [1.165, 1.54) is 0 Å². The fraction of sp³-hybridized carbons (Fsp3) is 0.308. The first kappa shape index (κ1) is 11.4. The second kappa shape index (κ2) is 4.83. The zero-order chi connectivity index (χ0) is 11.5. The van der Waals surface area contributed by atoms with E-state index in [4.69, 9.17) is 4.42 Å². The SMILES string of the molecule is CCCc1nc(-c2ccc(Br)cc2)oc1C. The van der Waals surface area contributed by atoms with Crippen LogP contribution < -0.4 is 0 Å². The van der Waals surface area contributed by atoms with Crippen LogP contribution in [0.2, 0.25) is 0 Å². The minimum Gasteiger partial charge on any atom is -0.441 e. The summed E-state index contributed by atoms with van der Waals surface area (Å²) in [6.45, 7) is 4.12. The fourth-order valence-corrected chi connectivity index (χ4v) is 1.88. The molecule has 0 aliphatic carbocycles. The number of rotatable bonds is 3. The minimum absolute atomic E-state index is 0.716. The van der Waals surface area contributed by atoms with E-state index in [1.807, 2.05) is 31.2 Å². The molecule has 2 nitrogen and oxygen atoms in total. The largest absolute Gasteiger partial charge is 0.441 e. The Morgan fingerprint density at radius 1 is 1.25 bits per heavy atom. The van der Waals surface area contributed by atoms with Gasteiger partial charge in [0.25, 0.3) is 0 Å². The van der Waals surface area contributed by atoms with Gasteiger partial charge < -0.3 is 4.42 Å². The molecule has 2 rings (SSSR count). The van der Waals surface area contributed by atoms with Gasteiger partial charge in [0, 0.05) is 10.0 Å². The second-order valence-corrected chi connectivity index (χ2v) is 4.69. The van der Waals surface area contributed by atoms with Gasteiger partial charge in [0.05, 0.1) is 5.69 Å². The molecule has 0 amide bonds. The molecule has 0 N–H and O–H groups in total. The molecule has 0 saturated heterocycles. The molecule has 0 fully saturated rings. The van der Waals surface area contributed by atoms with Crippen LogP contribution in [0.25, 0.3) is 11.5 Å². The molecular weight excluding hydrogens is 266 g/mol. The van der Waals surface area contributed by atoms with Crippen molar-refractivity contribution in [2.24, 2.45) is 0 Å². The summed E-state index contributed by atoms with van der Waals surface area (Å²) in [7, 11) is 0. The van der Waals surface area contributed by atoms with Crippen LogP contribution in [0.4, 0.5) is 0 Å². The average molecular weight is 280 g/mol. The van der Waals surface area contributed by atoms with E-state index >= 15 is 0 Å². The molecule has 0 aliphatic heterocycles. The summed E-state index contributed by atoms with van der Waals surface area (Å²) in [6, 6.07) is 8.00. The Hall–Kier alpha value is -1.09. The molecule has 0 saturated carbocycles. The molecule has 3 heteroatoms. The minimum atomic E-state index is 0.716. The monoisotopic (exact) mass is 279 g/mol. The Morgan fingerprint density at radius 2 is 1.94 bits per heavy atom. The van der Waals surface area contributed by atoms with Crippen molar-refractivity contribution in [2.45, 2.75) is 26.7 Å². The predicted molar refractivity (Wildman–Crippen MR) is 68.4 cm³/mol. The number of nitrogens with zero attached hydrogens (tertiary/aromatic N) is 1. The van der Waals surface area contributed by atoms with Gasteiger partial charge in [-0.05, 0) is 37.6 Å². The molecule has 0 atom stereocenters. The number of aryl methyl sites for hydroxylation is 2. The van der Waals surface area contributed by atoms with Crippen molar-refractivity contribution in [1.29, 1.82) is 0 Å². The van der Waals surface area contributed by atoms with E-state index in [0.717, 1.165) is 34.3 Å². The Balaban J connectivity index is 2.33. The van der Waals surface area contributed by atoms with Gasteiger partial charge in [-0.3, -0.25) is 0 Å². The van der Waals surface area contributed by atoms with Gasteiger partial charge in [-0.2, -0.15) is 0 Å². The standard InChI is InChI=1S/C13H14BrNO/c1-3-4-12-9(2)16-13(15-12)10-5-7-11(14)8-6-10/h5-8H,3-4H2,1-2H3. The number of benzene rings is 1. The molecule has 1 aromatic carbocycles. The highest BCUT2D eigenvalue weighted by Gasteiger charge is 2.10. The highest BCUT2D eigenvalue weighted by molar-refractivity contribution is 9.10. The summed E-state index contributed by atoms with van der Waals surface area (Å²) in [6.07, 6.45) is 2.07. The summed E-state index contributed by atoms with van der Waals surface area (Å²) >= 11 is 3.41. The topological polar surface area (TPSA) is 26.0 Å². The first-order valence-corrected chi connectivity index (χ1v) is 6.22. The van der Waals surface area contributed by atoms with Crippen LogP contribution in [-0.4, -0.2) is 4.98 Å². The number of aromatic nitrogens is 1. The van der Waals surface area contributed by atoms with Gasteiger partial charge in [0.2, 0.25) is 5.89 Å². The van der Waals surface area contributed by atoms with Crippen LogP contribution in [0.3, 0.4) is 0 Å². The van der Waals surface area contributed by atoms with Crippen molar-refractivity contribution >= 4 is 15.9 Å². The third kappa shape index (κ3) is 2.35. The average Bonchev–Trinajstić information content (AvgIpc) is 2.62. The van der Waals surface area contributed by atoms with Crippen molar-refractivity contribution in [3.63, 3.8) is 0 Å². The first-order valence-electron chi connectivity index (χ1n) is 5.43. The molecule has 0 unspecified atom stereocenters. The highest BCUT2D eigenvalue weighted by Crippen LogP contribution is 2.23. The number of hydrogen-bond donors (Lipinski definition) is 0. The predicted octanol–water partition coefficient (Wildman–Crippen LogP) is 4.37. The van der Waals surface area contributed by atoms with Crippen molar-refractivity contribution in [2.75, 3.05) is 0 Å². The van der Waals surface area contributed by atoms with E-state index in [0.29, 0.717) is 5.89 Å². The molecular formula is C13H14BrNO. The molecule has 1 heterocycles. The van der Waals surface area contributed by atoms with Crippen LogP contribution in [0.1, 0.15) is 24.8 Å². The summed E-state index contributed by atoms with van der Waals surface area (Å²) in [5, 5.41) is 0. The number of halogens is 1. The zero-order valence-electron chi connectivity index (χ0n) is 9.46. The lowest BCUT2D eigenvalue weighted by Crippen LogP contribution is -1.85. The van der Waals surface area contributed by atoms with E-state index in [1.54, 1.807) is 0 Å². The third-order valence-corrected chi connectivity index (χ3v) is 3.00. The molecule has 0 spiro atoms.